The summed E-state index contributed by atoms with van der Waals surface area (Å²) in [6, 6.07) is 16.5. The number of thiophene rings is 3. The number of sulfone groups is 4. The molecule has 2 saturated carbocycles. The maximum atomic E-state index is 13.7. The minimum absolute atomic E-state index is 0.00906. The average molecular weight is 1950 g/mol. The van der Waals surface area contributed by atoms with Gasteiger partial charge < -0.3 is 48.2 Å². The SMILES string of the molecule is O=C(C1CCS(=O)(=O)CC1)N1CCN(c2cc(C(F)(F)F)on2)CC1c1ccc(Cl)s1.O=C(C1CCS(=O)(=O)CC1)N1CCN(c2cc(C(F)(F)F)on2)CC1c1ccc(F)s1.O=C(C1CCS(=O)(=O)CC1)N1CCN(c2cnc(C(F)(F)F)nc2)CC1c1ccc(F)cc1.O=C(C1CCS(=O)(=O)CC1)N1CCN(c2cnc(C3CC3)cn2)CC1c1ccc(C2CC2)s1. The first kappa shape index (κ1) is 94.0. The number of alkyl halides is 9. The first-order valence-electron chi connectivity index (χ1n) is 41.7. The Labute approximate surface area is 747 Å². The lowest BCUT2D eigenvalue weighted by atomic mass is 9.96. The number of carbonyl (C=O) groups excluding carboxylic acids is 4. The van der Waals surface area contributed by atoms with Gasteiger partial charge in [-0.3, -0.25) is 24.2 Å². The molecule has 8 saturated heterocycles. The molecule has 4 atom stereocenters. The summed E-state index contributed by atoms with van der Waals surface area (Å²) < 4.78 is 246. The Morgan fingerprint density at radius 1 is 0.375 bits per heavy atom. The van der Waals surface area contributed by atoms with Crippen LogP contribution in [-0.4, -0.2) is 232 Å². The van der Waals surface area contributed by atoms with Crippen LogP contribution in [0.4, 0.5) is 71.4 Å². The molecule has 4 unspecified atom stereocenters. The third-order valence-electron chi connectivity index (χ3n) is 24.8. The molecule has 0 radical (unpaired) electrons. The first-order valence-corrected chi connectivity index (χ1v) is 51.9. The van der Waals surface area contributed by atoms with E-state index >= 15 is 0 Å². The molecular formula is C81H90ClF11N14O14S7. The van der Waals surface area contributed by atoms with Gasteiger partial charge in [-0.05, 0) is 137 Å². The molecule has 0 N–H and O–H groups in total. The topological polar surface area (TPSA) is 334 Å². The molecule has 4 amide bonds. The predicted molar refractivity (Wildman–Crippen MR) is 453 cm³/mol. The second-order valence-corrected chi connectivity index (χ2v) is 46.6. The van der Waals surface area contributed by atoms with Crippen LogP contribution >= 0.6 is 45.6 Å². The molecule has 15 heterocycles. The van der Waals surface area contributed by atoms with Gasteiger partial charge in [0.15, 0.2) is 16.8 Å². The Bertz CT molecular complexity index is 5560. The van der Waals surface area contributed by atoms with Gasteiger partial charge in [0.25, 0.3) is 0 Å². The molecule has 10 aliphatic rings. The molecule has 694 valence electrons. The van der Waals surface area contributed by atoms with Gasteiger partial charge in [0.2, 0.25) is 41.0 Å². The Morgan fingerprint density at radius 2 is 0.742 bits per heavy atom. The number of rotatable bonds is 14. The minimum Gasteiger partial charge on any atom is -0.365 e. The monoisotopic (exact) mass is 1950 g/mol. The number of hydrogen-bond acceptors (Lipinski definition) is 27. The van der Waals surface area contributed by atoms with Crippen molar-refractivity contribution in [1.82, 2.24) is 49.8 Å². The number of carbonyl (C=O) groups is 4. The summed E-state index contributed by atoms with van der Waals surface area (Å²) in [5, 5.41) is 6.62. The highest BCUT2D eigenvalue weighted by Crippen LogP contribution is 2.48. The van der Waals surface area contributed by atoms with Gasteiger partial charge in [0.05, 0.1) is 111 Å². The van der Waals surface area contributed by atoms with E-state index in [1.54, 1.807) is 59.7 Å². The average Bonchev–Trinajstić information content (AvgIpc) is 1.10. The van der Waals surface area contributed by atoms with Crippen molar-refractivity contribution in [3.8, 4) is 0 Å². The van der Waals surface area contributed by atoms with Crippen molar-refractivity contribution in [2.24, 2.45) is 23.7 Å². The smallest absolute Gasteiger partial charge is 0.365 e. The predicted octanol–water partition coefficient (Wildman–Crippen LogP) is 13.1. The van der Waals surface area contributed by atoms with Gasteiger partial charge in [-0.2, -0.15) is 43.9 Å². The molecule has 47 heteroatoms. The Morgan fingerprint density at radius 3 is 1.10 bits per heavy atom. The number of anilines is 4. The summed E-state index contributed by atoms with van der Waals surface area (Å²) in [7, 11) is -12.3. The van der Waals surface area contributed by atoms with Crippen molar-refractivity contribution in [1.29, 1.82) is 0 Å². The van der Waals surface area contributed by atoms with Crippen LogP contribution in [-0.2, 0) is 77.1 Å². The van der Waals surface area contributed by atoms with E-state index in [0.29, 0.717) is 71.3 Å². The Kier molecular flexibility index (Phi) is 28.1. The summed E-state index contributed by atoms with van der Waals surface area (Å²) in [5.41, 5.74) is 2.14. The van der Waals surface area contributed by atoms with Gasteiger partial charge in [-0.15, -0.1) is 34.0 Å². The third-order valence-corrected chi connectivity index (χ3v) is 35.3. The molecule has 128 heavy (non-hydrogen) atoms. The van der Waals surface area contributed by atoms with Gasteiger partial charge in [0.1, 0.15) is 51.0 Å². The highest BCUT2D eigenvalue weighted by atomic mass is 35.5. The van der Waals surface area contributed by atoms with E-state index in [4.69, 9.17) is 16.6 Å². The molecule has 7 aromatic heterocycles. The standard InChI is InChI=1S/C24H30N4O3S2.C21H22F4N4O3S.C18H19ClF3N3O4S2.C18H19F4N3O4S2/c29-24(18-7-11-33(30,31)12-8-18)28-10-9-27(23-14-25-19(13-26-23)16-1-2-16)15-20(28)22-6-5-21(32-22)17-3-4-17;22-16-3-1-14(2-4-16)18-13-28(17-11-26-20(27-12-17)21(23,24)25)7-8-29(18)19(30)15-5-9-33(31,32)10-6-15;2*19-15-2-1-13(30-15)12-10-24(16-9-14(29-23-16)18(20,21)22)5-6-25(12)17(26)11-3-7-31(27,28)8-4-11/h5-6,13-14,16-18,20H,1-4,7-12,15H2;1-4,11-12,15,18H,5-10,13H2;2*1-2,9,11-12H,3-8,10H2. The van der Waals surface area contributed by atoms with E-state index < -0.39 is 122 Å². The fraction of sp³-hybridized carbons (Fsp3) is 0.556. The molecular weight excluding hydrogens is 1860 g/mol. The normalized spacial score (nSPS) is 23.2. The van der Waals surface area contributed by atoms with Crippen LogP contribution in [0.2, 0.25) is 4.34 Å². The van der Waals surface area contributed by atoms with Crippen molar-refractivity contribution in [3.63, 3.8) is 0 Å². The van der Waals surface area contributed by atoms with Gasteiger partial charge in [-0.1, -0.05) is 34.0 Å². The fourth-order valence-corrected chi connectivity index (χ4v) is 26.4. The fourth-order valence-electron chi connectivity index (χ4n) is 17.2. The zero-order chi connectivity index (χ0) is 91.2. The summed E-state index contributed by atoms with van der Waals surface area (Å²) in [6.45, 7) is 4.14. The largest absolute Gasteiger partial charge is 0.452 e. The first-order chi connectivity index (χ1) is 60.6. The molecule has 2 aliphatic carbocycles. The van der Waals surface area contributed by atoms with Crippen molar-refractivity contribution < 1.29 is 110 Å². The van der Waals surface area contributed by atoms with Crippen molar-refractivity contribution in [2.75, 3.05) is 144 Å². The molecule has 8 aromatic rings. The molecule has 10 fully saturated rings. The van der Waals surface area contributed by atoms with Crippen molar-refractivity contribution in [2.45, 2.75) is 132 Å². The lowest BCUT2D eigenvalue weighted by Crippen LogP contribution is -2.53. The zero-order valence-corrected chi connectivity index (χ0v) is 75.0. The maximum absolute atomic E-state index is 13.7. The highest BCUT2D eigenvalue weighted by molar-refractivity contribution is 7.92. The van der Waals surface area contributed by atoms with Crippen LogP contribution < -0.4 is 19.6 Å². The Balaban J connectivity index is 0.000000131. The zero-order valence-electron chi connectivity index (χ0n) is 68.5. The van der Waals surface area contributed by atoms with E-state index in [2.05, 4.69) is 51.3 Å². The second-order valence-electron chi connectivity index (χ2n) is 33.5. The quantitative estimate of drug-likeness (QED) is 0.0913. The van der Waals surface area contributed by atoms with Crippen LogP contribution in [0, 0.1) is 34.6 Å². The van der Waals surface area contributed by atoms with Crippen LogP contribution in [0.25, 0.3) is 0 Å². The van der Waals surface area contributed by atoms with E-state index in [9.17, 15) is 101 Å². The lowest BCUT2D eigenvalue weighted by molar-refractivity contribution is -0.156. The third kappa shape index (κ3) is 23.1. The van der Waals surface area contributed by atoms with Crippen LogP contribution in [0.3, 0.4) is 0 Å². The van der Waals surface area contributed by atoms with E-state index in [-0.39, 0.29) is 184 Å². The second kappa shape index (κ2) is 38.2. The van der Waals surface area contributed by atoms with Gasteiger partial charge in [-0.25, -0.2) is 53.0 Å². The van der Waals surface area contributed by atoms with Crippen molar-refractivity contribution in [3.05, 3.63) is 161 Å². The molecule has 28 nitrogen and oxygen atoms in total. The molecule has 0 bridgehead atoms. The number of benzene rings is 1. The summed E-state index contributed by atoms with van der Waals surface area (Å²) >= 11 is 10.1. The molecule has 18 rings (SSSR count). The molecule has 8 aliphatic heterocycles. The lowest BCUT2D eigenvalue weighted by Gasteiger charge is -2.44. The van der Waals surface area contributed by atoms with Crippen LogP contribution in [0.1, 0.15) is 161 Å². The minimum atomic E-state index is -4.67. The van der Waals surface area contributed by atoms with Crippen LogP contribution in [0.15, 0.2) is 107 Å². The number of nitrogens with zero attached hydrogens (tertiary/aromatic N) is 14. The van der Waals surface area contributed by atoms with Gasteiger partial charge >= 0.3 is 18.5 Å². The molecule has 1 aromatic carbocycles. The van der Waals surface area contributed by atoms with E-state index in [1.807, 2.05) is 28.6 Å². The Hall–Kier alpha value is -8.70. The summed E-state index contributed by atoms with van der Waals surface area (Å²) in [5.74, 6) is -3.69. The highest BCUT2D eigenvalue weighted by Gasteiger charge is 2.47. The summed E-state index contributed by atoms with van der Waals surface area (Å²) in [6.07, 6.45) is -0.599. The van der Waals surface area contributed by atoms with Crippen LogP contribution in [0.5, 0.6) is 0 Å². The maximum Gasteiger partial charge on any atom is 0.452 e. The molecule has 0 spiro atoms. The van der Waals surface area contributed by atoms with E-state index in [0.717, 1.165) is 52.3 Å². The number of hydrogen-bond donors (Lipinski definition) is 0. The number of amides is 4. The number of piperazine rings is 4. The number of aromatic nitrogens is 6. The van der Waals surface area contributed by atoms with Gasteiger partial charge in [0, 0.05) is 140 Å². The number of halogens is 12. The van der Waals surface area contributed by atoms with Crippen molar-refractivity contribution >= 4 is 132 Å². The summed E-state index contributed by atoms with van der Waals surface area (Å²) in [4.78, 5) is 87.6. The van der Waals surface area contributed by atoms with E-state index in [1.165, 1.54) is 65.0 Å².